The molecule has 1 aromatic carbocycles. The van der Waals surface area contributed by atoms with Gasteiger partial charge in [-0.3, -0.25) is 19.0 Å². The Morgan fingerprint density at radius 2 is 2.00 bits per heavy atom. The molecule has 2 saturated heterocycles. The number of hydrogen-bond donors (Lipinski definition) is 1. The SMILES string of the molecule is C=C1CCC(n2c(C)nc3c(CCC(=O)Cc4ccc(C)c(N5CCCC5)c4)scc3c2=O)C(=O)N1. The molecule has 1 amide bonds. The number of Topliss-reactive ketones (excluding diaryl/α,β-unsaturated/α-hetero) is 1. The Hall–Kier alpha value is -3.26. The van der Waals surface area contributed by atoms with Crippen LogP contribution in [-0.2, 0) is 22.4 Å². The molecule has 2 fully saturated rings. The predicted octanol–water partition coefficient (Wildman–Crippen LogP) is 4.38. The van der Waals surface area contributed by atoms with Crippen molar-refractivity contribution in [3.05, 3.63) is 68.0 Å². The first kappa shape index (κ1) is 24.4. The van der Waals surface area contributed by atoms with E-state index in [2.05, 4.69) is 41.9 Å². The first-order chi connectivity index (χ1) is 17.3. The molecule has 4 heterocycles. The maximum absolute atomic E-state index is 13.3. The number of nitrogens with zero attached hydrogens (tertiary/aromatic N) is 3. The van der Waals surface area contributed by atoms with Gasteiger partial charge in [-0.2, -0.15) is 0 Å². The van der Waals surface area contributed by atoms with Gasteiger partial charge in [0.1, 0.15) is 17.6 Å². The molecular weight excluding hydrogens is 472 g/mol. The van der Waals surface area contributed by atoms with Crippen LogP contribution < -0.4 is 15.8 Å². The molecule has 1 unspecified atom stereocenters. The van der Waals surface area contributed by atoms with E-state index in [4.69, 9.17) is 4.98 Å². The molecular formula is C28H32N4O3S. The standard InChI is InChI=1S/C28H32N4O3S/c1-17-6-8-20(15-24(17)31-12-4-5-13-31)14-21(33)9-11-25-26-22(16-36-25)28(35)32(19(3)30-26)23-10-7-18(2)29-27(23)34/h6,8,15-16,23H,2,4-5,7,9-14H2,1,3H3,(H,29,34). The minimum absolute atomic E-state index is 0.178. The zero-order chi connectivity index (χ0) is 25.4. The second kappa shape index (κ2) is 10.0. The number of benzene rings is 1. The van der Waals surface area contributed by atoms with Crippen LogP contribution in [0.25, 0.3) is 10.9 Å². The van der Waals surface area contributed by atoms with Crippen LogP contribution in [0.5, 0.6) is 0 Å². The fourth-order valence-electron chi connectivity index (χ4n) is 5.34. The molecule has 5 rings (SSSR count). The van der Waals surface area contributed by atoms with Gasteiger partial charge in [0.05, 0.1) is 10.9 Å². The lowest BCUT2D eigenvalue weighted by Gasteiger charge is -2.26. The smallest absolute Gasteiger partial charge is 0.262 e. The van der Waals surface area contributed by atoms with Gasteiger partial charge in [0.25, 0.3) is 5.56 Å². The molecule has 1 atom stereocenters. The average molecular weight is 505 g/mol. The molecule has 0 radical (unpaired) electrons. The highest BCUT2D eigenvalue weighted by molar-refractivity contribution is 7.11. The number of rotatable bonds is 7. The summed E-state index contributed by atoms with van der Waals surface area (Å²) < 4.78 is 1.50. The van der Waals surface area contributed by atoms with Crippen LogP contribution in [0.1, 0.15) is 60.0 Å². The third-order valence-corrected chi connectivity index (χ3v) is 8.33. The number of amides is 1. The maximum atomic E-state index is 13.3. The zero-order valence-electron chi connectivity index (χ0n) is 20.9. The summed E-state index contributed by atoms with van der Waals surface area (Å²) in [5, 5.41) is 5.07. The van der Waals surface area contributed by atoms with Crippen LogP contribution in [0.15, 0.2) is 40.6 Å². The Balaban J connectivity index is 1.30. The molecule has 2 aliphatic heterocycles. The Bertz CT molecular complexity index is 1410. The van der Waals surface area contributed by atoms with Crippen LogP contribution in [-0.4, -0.2) is 34.3 Å². The van der Waals surface area contributed by atoms with E-state index in [9.17, 15) is 14.4 Å². The monoisotopic (exact) mass is 504 g/mol. The third kappa shape index (κ3) is 4.74. The van der Waals surface area contributed by atoms with Crippen LogP contribution in [0.2, 0.25) is 0 Å². The summed E-state index contributed by atoms with van der Waals surface area (Å²) in [7, 11) is 0. The lowest BCUT2D eigenvalue weighted by molar-refractivity contribution is -0.125. The molecule has 1 N–H and O–H groups in total. The summed E-state index contributed by atoms with van der Waals surface area (Å²) in [6.07, 6.45) is 4.97. The number of aromatic nitrogens is 2. The Morgan fingerprint density at radius 3 is 2.75 bits per heavy atom. The van der Waals surface area contributed by atoms with Crippen molar-refractivity contribution in [2.24, 2.45) is 0 Å². The van der Waals surface area contributed by atoms with Crippen molar-refractivity contribution in [2.75, 3.05) is 18.0 Å². The summed E-state index contributed by atoms with van der Waals surface area (Å²) in [6, 6.07) is 5.76. The number of ketones is 1. The summed E-state index contributed by atoms with van der Waals surface area (Å²) in [4.78, 5) is 46.7. The fourth-order valence-corrected chi connectivity index (χ4v) is 6.30. The van der Waals surface area contributed by atoms with E-state index in [0.717, 1.165) is 23.5 Å². The van der Waals surface area contributed by atoms with E-state index in [1.54, 1.807) is 6.92 Å². The number of carbonyl (C=O) groups is 2. The fraction of sp³-hybridized carbons (Fsp3) is 0.429. The van der Waals surface area contributed by atoms with E-state index >= 15 is 0 Å². The second-order valence-corrected chi connectivity index (χ2v) is 10.9. The van der Waals surface area contributed by atoms with Gasteiger partial charge in [-0.05, 0) is 63.1 Å². The number of anilines is 1. The summed E-state index contributed by atoms with van der Waals surface area (Å²) in [5.74, 6) is 0.472. The first-order valence-electron chi connectivity index (χ1n) is 12.7. The highest BCUT2D eigenvalue weighted by Gasteiger charge is 2.29. The number of piperidine rings is 1. The van der Waals surface area contributed by atoms with E-state index in [1.165, 1.54) is 40.0 Å². The Labute approximate surface area is 214 Å². The van der Waals surface area contributed by atoms with Gasteiger partial charge in [0, 0.05) is 47.6 Å². The number of aryl methyl sites for hydroxylation is 3. The van der Waals surface area contributed by atoms with Gasteiger partial charge in [0.15, 0.2) is 0 Å². The van der Waals surface area contributed by atoms with E-state index < -0.39 is 6.04 Å². The average Bonchev–Trinajstić information content (AvgIpc) is 3.51. The van der Waals surface area contributed by atoms with Crippen LogP contribution in [0.4, 0.5) is 5.69 Å². The molecule has 188 valence electrons. The number of hydrogen-bond acceptors (Lipinski definition) is 6. The largest absolute Gasteiger partial charge is 0.371 e. The van der Waals surface area contributed by atoms with E-state index in [1.807, 2.05) is 5.38 Å². The van der Waals surface area contributed by atoms with E-state index in [-0.39, 0.29) is 17.2 Å². The Kier molecular flexibility index (Phi) is 6.79. The molecule has 36 heavy (non-hydrogen) atoms. The normalized spacial score (nSPS) is 18.2. The van der Waals surface area contributed by atoms with Crippen molar-refractivity contribution in [1.82, 2.24) is 14.9 Å². The molecule has 0 aliphatic carbocycles. The second-order valence-electron chi connectivity index (χ2n) is 9.93. The molecule has 0 bridgehead atoms. The van der Waals surface area contributed by atoms with Crippen molar-refractivity contribution in [1.29, 1.82) is 0 Å². The molecule has 3 aromatic rings. The molecule has 2 aromatic heterocycles. The minimum Gasteiger partial charge on any atom is -0.371 e. The van der Waals surface area contributed by atoms with E-state index in [0.29, 0.717) is 54.5 Å². The summed E-state index contributed by atoms with van der Waals surface area (Å²) in [6.45, 7) is 9.87. The Morgan fingerprint density at radius 1 is 1.22 bits per heavy atom. The zero-order valence-corrected chi connectivity index (χ0v) is 21.7. The number of fused-ring (bicyclic) bond motifs is 1. The van der Waals surface area contributed by atoms with Gasteiger partial charge in [0.2, 0.25) is 5.91 Å². The first-order valence-corrected chi connectivity index (χ1v) is 13.5. The van der Waals surface area contributed by atoms with Gasteiger partial charge in [-0.25, -0.2) is 4.98 Å². The molecule has 8 heteroatoms. The number of allylic oxidation sites excluding steroid dienone is 1. The van der Waals surface area contributed by atoms with Gasteiger partial charge in [-0.1, -0.05) is 18.7 Å². The number of nitrogens with one attached hydrogen (secondary N) is 1. The van der Waals surface area contributed by atoms with Crippen molar-refractivity contribution in [3.8, 4) is 0 Å². The highest BCUT2D eigenvalue weighted by Crippen LogP contribution is 2.28. The topological polar surface area (TPSA) is 84.3 Å². The summed E-state index contributed by atoms with van der Waals surface area (Å²) in [5.41, 5.74) is 4.67. The van der Waals surface area contributed by atoms with Crippen LogP contribution in [0, 0.1) is 13.8 Å². The number of carbonyl (C=O) groups excluding carboxylic acids is 2. The van der Waals surface area contributed by atoms with Gasteiger partial charge < -0.3 is 10.2 Å². The third-order valence-electron chi connectivity index (χ3n) is 7.30. The molecule has 2 aliphatic rings. The highest BCUT2D eigenvalue weighted by atomic mass is 32.1. The maximum Gasteiger partial charge on any atom is 0.262 e. The van der Waals surface area contributed by atoms with Crippen LogP contribution >= 0.6 is 11.3 Å². The molecule has 0 spiro atoms. The van der Waals surface area contributed by atoms with Crippen molar-refractivity contribution in [3.63, 3.8) is 0 Å². The lowest BCUT2D eigenvalue weighted by atomic mass is 10.0. The van der Waals surface area contributed by atoms with Crippen molar-refractivity contribution < 1.29 is 9.59 Å². The summed E-state index contributed by atoms with van der Waals surface area (Å²) >= 11 is 1.46. The molecule has 0 saturated carbocycles. The van der Waals surface area contributed by atoms with Gasteiger partial charge in [-0.15, -0.1) is 11.3 Å². The van der Waals surface area contributed by atoms with Crippen molar-refractivity contribution in [2.45, 2.75) is 64.8 Å². The molecule has 7 nitrogen and oxygen atoms in total. The number of thiophene rings is 1. The minimum atomic E-state index is -0.579. The van der Waals surface area contributed by atoms with Crippen LogP contribution in [0.3, 0.4) is 0 Å². The quantitative estimate of drug-likeness (QED) is 0.516. The van der Waals surface area contributed by atoms with Crippen molar-refractivity contribution >= 4 is 39.6 Å². The van der Waals surface area contributed by atoms with Gasteiger partial charge >= 0.3 is 0 Å². The predicted molar refractivity (Wildman–Crippen MR) is 144 cm³/mol. The lowest BCUT2D eigenvalue weighted by Crippen LogP contribution is -2.41.